The number of hydrogen-bond donors (Lipinski definition) is 1. The Hall–Kier alpha value is -2.49. The van der Waals surface area contributed by atoms with Crippen LogP contribution in [0.15, 0.2) is 64.0 Å². The minimum atomic E-state index is -3.77. The smallest absolute Gasteiger partial charge is 0.243 e. The van der Waals surface area contributed by atoms with Gasteiger partial charge in [-0.15, -0.1) is 0 Å². The first kappa shape index (κ1) is 21.2. The van der Waals surface area contributed by atoms with E-state index in [1.807, 2.05) is 32.0 Å². The maximum atomic E-state index is 12.7. The predicted molar refractivity (Wildman–Crippen MR) is 116 cm³/mol. The van der Waals surface area contributed by atoms with E-state index in [1.54, 1.807) is 28.9 Å². The Kier molecular flexibility index (Phi) is 6.21. The Balaban J connectivity index is 1.78. The number of hydrogen-bond acceptors (Lipinski definition) is 4. The SMILES string of the molecule is Cc1cc(C)n(-c2ccccc2NC(=O)CN(C)S(=O)(=O)c2ccc(Br)cc2)n1. The van der Waals surface area contributed by atoms with Gasteiger partial charge in [0.1, 0.15) is 0 Å². The molecule has 0 aliphatic carbocycles. The van der Waals surface area contributed by atoms with E-state index in [2.05, 4.69) is 26.3 Å². The lowest BCUT2D eigenvalue weighted by molar-refractivity contribution is -0.116. The first-order valence-electron chi connectivity index (χ1n) is 8.83. The van der Waals surface area contributed by atoms with Crippen molar-refractivity contribution in [1.29, 1.82) is 0 Å². The summed E-state index contributed by atoms with van der Waals surface area (Å²) in [6.07, 6.45) is 0. The van der Waals surface area contributed by atoms with Crippen molar-refractivity contribution < 1.29 is 13.2 Å². The van der Waals surface area contributed by atoms with Crippen LogP contribution in [0.1, 0.15) is 11.4 Å². The first-order chi connectivity index (χ1) is 13.7. The summed E-state index contributed by atoms with van der Waals surface area (Å²) >= 11 is 3.28. The number of carbonyl (C=O) groups excluding carboxylic acids is 1. The van der Waals surface area contributed by atoms with Gasteiger partial charge in [0.05, 0.1) is 28.5 Å². The highest BCUT2D eigenvalue weighted by molar-refractivity contribution is 9.10. The summed E-state index contributed by atoms with van der Waals surface area (Å²) in [5, 5.41) is 7.25. The molecular formula is C20H21BrN4O3S. The van der Waals surface area contributed by atoms with Crippen molar-refractivity contribution in [3.8, 4) is 5.69 Å². The van der Waals surface area contributed by atoms with Gasteiger partial charge in [-0.3, -0.25) is 4.79 Å². The van der Waals surface area contributed by atoms with Crippen LogP contribution in [0.25, 0.3) is 5.69 Å². The summed E-state index contributed by atoms with van der Waals surface area (Å²) in [6.45, 7) is 3.51. The van der Waals surface area contributed by atoms with E-state index in [-0.39, 0.29) is 11.4 Å². The monoisotopic (exact) mass is 476 g/mol. The third kappa shape index (κ3) is 4.75. The van der Waals surface area contributed by atoms with Gasteiger partial charge in [0, 0.05) is 17.2 Å². The van der Waals surface area contributed by atoms with Crippen molar-refractivity contribution in [3.05, 3.63) is 70.5 Å². The van der Waals surface area contributed by atoms with E-state index >= 15 is 0 Å². The number of aromatic nitrogens is 2. The molecule has 9 heteroatoms. The van der Waals surface area contributed by atoms with Gasteiger partial charge in [-0.05, 0) is 56.3 Å². The quantitative estimate of drug-likeness (QED) is 0.589. The standard InChI is InChI=1S/C20H21BrN4O3S/c1-14-12-15(2)25(23-14)19-7-5-4-6-18(19)22-20(26)13-24(3)29(27,28)17-10-8-16(21)9-11-17/h4-12H,13H2,1-3H3,(H,22,26). The molecule has 1 amide bonds. The fourth-order valence-electron chi connectivity index (χ4n) is 2.90. The van der Waals surface area contributed by atoms with Crippen LogP contribution in [0, 0.1) is 13.8 Å². The fraction of sp³-hybridized carbons (Fsp3) is 0.200. The molecule has 2 aromatic carbocycles. The number of benzene rings is 2. The molecule has 29 heavy (non-hydrogen) atoms. The van der Waals surface area contributed by atoms with Gasteiger partial charge in [-0.25, -0.2) is 13.1 Å². The highest BCUT2D eigenvalue weighted by Crippen LogP contribution is 2.22. The Labute approximate surface area is 178 Å². The number of sulfonamides is 1. The number of amides is 1. The van der Waals surface area contributed by atoms with Gasteiger partial charge >= 0.3 is 0 Å². The molecule has 0 aliphatic rings. The number of likely N-dealkylation sites (N-methyl/N-ethyl adjacent to an activating group) is 1. The highest BCUT2D eigenvalue weighted by Gasteiger charge is 2.23. The van der Waals surface area contributed by atoms with Crippen LogP contribution in [-0.4, -0.2) is 42.0 Å². The van der Waals surface area contributed by atoms with Crippen molar-refractivity contribution in [2.75, 3.05) is 18.9 Å². The molecule has 3 rings (SSSR count). The summed E-state index contributed by atoms with van der Waals surface area (Å²) in [5.74, 6) is -0.442. The summed E-state index contributed by atoms with van der Waals surface area (Å²) in [6, 6.07) is 15.5. The highest BCUT2D eigenvalue weighted by atomic mass is 79.9. The van der Waals surface area contributed by atoms with Crippen molar-refractivity contribution in [1.82, 2.24) is 14.1 Å². The van der Waals surface area contributed by atoms with Gasteiger partial charge in [0.25, 0.3) is 0 Å². The van der Waals surface area contributed by atoms with Gasteiger partial charge in [0.2, 0.25) is 15.9 Å². The zero-order valence-electron chi connectivity index (χ0n) is 16.3. The van der Waals surface area contributed by atoms with Crippen molar-refractivity contribution in [2.45, 2.75) is 18.7 Å². The Morgan fingerprint density at radius 3 is 2.41 bits per heavy atom. The van der Waals surface area contributed by atoms with Crippen LogP contribution >= 0.6 is 15.9 Å². The second-order valence-electron chi connectivity index (χ2n) is 6.62. The molecule has 0 aliphatic heterocycles. The Morgan fingerprint density at radius 2 is 1.79 bits per heavy atom. The zero-order valence-corrected chi connectivity index (χ0v) is 18.7. The number of nitrogens with one attached hydrogen (secondary N) is 1. The van der Waals surface area contributed by atoms with Gasteiger partial charge in [-0.2, -0.15) is 9.40 Å². The largest absolute Gasteiger partial charge is 0.323 e. The van der Waals surface area contributed by atoms with Crippen LogP contribution in [0.2, 0.25) is 0 Å². The molecule has 3 aromatic rings. The van der Waals surface area contributed by atoms with Crippen LogP contribution in [0.3, 0.4) is 0 Å². The van der Waals surface area contributed by atoms with Crippen LogP contribution in [0.4, 0.5) is 5.69 Å². The van der Waals surface area contributed by atoms with Crippen LogP contribution in [0.5, 0.6) is 0 Å². The normalized spacial score (nSPS) is 11.6. The molecule has 0 atom stereocenters. The summed E-state index contributed by atoms with van der Waals surface area (Å²) in [4.78, 5) is 12.7. The molecule has 1 N–H and O–H groups in total. The fourth-order valence-corrected chi connectivity index (χ4v) is 4.29. The average molecular weight is 477 g/mol. The Morgan fingerprint density at radius 1 is 1.14 bits per heavy atom. The van der Waals surface area contributed by atoms with Crippen molar-refractivity contribution in [2.24, 2.45) is 0 Å². The molecular weight excluding hydrogens is 456 g/mol. The number of nitrogens with zero attached hydrogens (tertiary/aromatic N) is 3. The minimum Gasteiger partial charge on any atom is -0.323 e. The Bertz CT molecular complexity index is 1140. The molecule has 0 saturated carbocycles. The van der Waals surface area contributed by atoms with Gasteiger partial charge < -0.3 is 5.32 Å². The zero-order chi connectivity index (χ0) is 21.2. The summed E-state index contributed by atoms with van der Waals surface area (Å²) in [7, 11) is -2.40. The molecule has 0 saturated heterocycles. The molecule has 152 valence electrons. The van der Waals surface area contributed by atoms with Gasteiger partial charge in [0.15, 0.2) is 0 Å². The number of carbonyl (C=O) groups is 1. The maximum absolute atomic E-state index is 12.7. The lowest BCUT2D eigenvalue weighted by atomic mass is 10.2. The lowest BCUT2D eigenvalue weighted by Crippen LogP contribution is -2.35. The van der Waals surface area contributed by atoms with Crippen molar-refractivity contribution >= 4 is 37.5 Å². The molecule has 0 spiro atoms. The van der Waals surface area contributed by atoms with Gasteiger partial charge in [-0.1, -0.05) is 28.1 Å². The summed E-state index contributed by atoms with van der Waals surface area (Å²) < 4.78 is 28.9. The van der Waals surface area contributed by atoms with E-state index in [1.165, 1.54) is 19.2 Å². The molecule has 0 bridgehead atoms. The first-order valence-corrected chi connectivity index (χ1v) is 11.1. The third-order valence-corrected chi connectivity index (χ3v) is 6.65. The minimum absolute atomic E-state index is 0.124. The van der Waals surface area contributed by atoms with E-state index in [0.29, 0.717) is 11.4 Å². The van der Waals surface area contributed by atoms with Crippen LogP contribution < -0.4 is 5.32 Å². The number of para-hydroxylation sites is 2. The van der Waals surface area contributed by atoms with E-state index < -0.39 is 15.9 Å². The maximum Gasteiger partial charge on any atom is 0.243 e. The van der Waals surface area contributed by atoms with E-state index in [9.17, 15) is 13.2 Å². The summed E-state index contributed by atoms with van der Waals surface area (Å²) in [5.41, 5.74) is 3.06. The molecule has 0 radical (unpaired) electrons. The molecule has 0 fully saturated rings. The average Bonchev–Trinajstić information content (AvgIpc) is 3.00. The second-order valence-corrected chi connectivity index (χ2v) is 9.58. The third-order valence-electron chi connectivity index (χ3n) is 4.30. The topological polar surface area (TPSA) is 84.3 Å². The number of halogens is 1. The van der Waals surface area contributed by atoms with Crippen molar-refractivity contribution in [3.63, 3.8) is 0 Å². The van der Waals surface area contributed by atoms with E-state index in [4.69, 9.17) is 0 Å². The van der Waals surface area contributed by atoms with Crippen LogP contribution in [-0.2, 0) is 14.8 Å². The van der Waals surface area contributed by atoms with E-state index in [0.717, 1.165) is 20.2 Å². The lowest BCUT2D eigenvalue weighted by Gasteiger charge is -2.18. The number of rotatable bonds is 6. The molecule has 0 unspecified atom stereocenters. The molecule has 7 nitrogen and oxygen atoms in total. The molecule has 1 aromatic heterocycles. The molecule has 1 heterocycles. The second kappa shape index (κ2) is 8.48. The number of aryl methyl sites for hydroxylation is 2. The predicted octanol–water partition coefficient (Wildman–Crippen LogP) is 3.51. The number of anilines is 1.